The Morgan fingerprint density at radius 2 is 1.74 bits per heavy atom. The van der Waals surface area contributed by atoms with Crippen LogP contribution < -0.4 is 0 Å². The van der Waals surface area contributed by atoms with Crippen molar-refractivity contribution in [1.82, 2.24) is 0 Å². The Bertz CT molecular complexity index is 646. The van der Waals surface area contributed by atoms with Crippen molar-refractivity contribution in [3.05, 3.63) is 76.5 Å². The molecule has 3 rings (SSSR count). The van der Waals surface area contributed by atoms with Gasteiger partial charge in [0, 0.05) is 21.1 Å². The van der Waals surface area contributed by atoms with Crippen LogP contribution in [0.25, 0.3) is 15.8 Å². The molecule has 0 N–H and O–H groups in total. The molecule has 0 spiro atoms. The van der Waals surface area contributed by atoms with Crippen LogP contribution in [0.2, 0.25) is 0 Å². The zero-order valence-electron chi connectivity index (χ0n) is 10.5. The standard InChI is InChI=1S/C17H14S2/c1-2-6-14(7-3-1)8-4-9-15-11-12-17(19-15)16-10-5-13-18-16/h1-8,10-13H,9H2/b8-4+. The van der Waals surface area contributed by atoms with Gasteiger partial charge in [0.2, 0.25) is 0 Å². The van der Waals surface area contributed by atoms with Crippen molar-refractivity contribution in [3.63, 3.8) is 0 Å². The Morgan fingerprint density at radius 1 is 0.842 bits per heavy atom. The molecule has 0 saturated carbocycles. The Balaban J connectivity index is 1.67. The first-order valence-corrected chi connectivity index (χ1v) is 7.95. The molecule has 19 heavy (non-hydrogen) atoms. The molecule has 0 aliphatic heterocycles. The summed E-state index contributed by atoms with van der Waals surface area (Å²) in [6.07, 6.45) is 5.43. The third-order valence-electron chi connectivity index (χ3n) is 2.85. The van der Waals surface area contributed by atoms with Gasteiger partial charge in [0.05, 0.1) is 0 Å². The highest BCUT2D eigenvalue weighted by Crippen LogP contribution is 2.31. The van der Waals surface area contributed by atoms with Crippen LogP contribution in [0, 0.1) is 0 Å². The third-order valence-corrected chi connectivity index (χ3v) is 5.03. The minimum atomic E-state index is 1.00. The highest BCUT2D eigenvalue weighted by Gasteiger charge is 2.02. The molecule has 2 aromatic heterocycles. The van der Waals surface area contributed by atoms with Crippen LogP contribution in [0.3, 0.4) is 0 Å². The summed E-state index contributed by atoms with van der Waals surface area (Å²) in [4.78, 5) is 4.15. The number of hydrogen-bond acceptors (Lipinski definition) is 2. The summed E-state index contributed by atoms with van der Waals surface area (Å²) in [5.41, 5.74) is 1.26. The summed E-state index contributed by atoms with van der Waals surface area (Å²) in [6.45, 7) is 0. The molecule has 0 aliphatic carbocycles. The number of allylic oxidation sites excluding steroid dienone is 1. The van der Waals surface area contributed by atoms with E-state index in [1.807, 2.05) is 17.4 Å². The fraction of sp³-hybridized carbons (Fsp3) is 0.0588. The van der Waals surface area contributed by atoms with Gasteiger partial charge in [-0.2, -0.15) is 0 Å². The summed E-state index contributed by atoms with van der Waals surface area (Å²) >= 11 is 3.69. The summed E-state index contributed by atoms with van der Waals surface area (Å²) in [5.74, 6) is 0. The van der Waals surface area contributed by atoms with Crippen molar-refractivity contribution in [3.8, 4) is 9.75 Å². The van der Waals surface area contributed by atoms with Gasteiger partial charge in [0.1, 0.15) is 0 Å². The van der Waals surface area contributed by atoms with Crippen LogP contribution in [0.4, 0.5) is 0 Å². The van der Waals surface area contributed by atoms with Gasteiger partial charge in [-0.25, -0.2) is 0 Å². The van der Waals surface area contributed by atoms with Crippen molar-refractivity contribution >= 4 is 28.7 Å². The summed E-state index contributed by atoms with van der Waals surface area (Å²) in [6, 6.07) is 19.2. The lowest BCUT2D eigenvalue weighted by atomic mass is 10.2. The van der Waals surface area contributed by atoms with E-state index in [1.54, 1.807) is 11.3 Å². The van der Waals surface area contributed by atoms with E-state index < -0.39 is 0 Å². The molecule has 1 aromatic carbocycles. The van der Waals surface area contributed by atoms with Crippen LogP contribution in [0.15, 0.2) is 66.1 Å². The van der Waals surface area contributed by atoms with Crippen molar-refractivity contribution < 1.29 is 0 Å². The SMILES string of the molecule is C(=C\c1ccccc1)/Cc1ccc(-c2cccs2)s1. The van der Waals surface area contributed by atoms with E-state index >= 15 is 0 Å². The van der Waals surface area contributed by atoms with Crippen LogP contribution >= 0.6 is 22.7 Å². The van der Waals surface area contributed by atoms with Gasteiger partial charge in [-0.1, -0.05) is 48.6 Å². The van der Waals surface area contributed by atoms with Crippen LogP contribution in [-0.2, 0) is 6.42 Å². The van der Waals surface area contributed by atoms with E-state index in [9.17, 15) is 0 Å². The van der Waals surface area contributed by atoms with E-state index in [0.717, 1.165) is 6.42 Å². The van der Waals surface area contributed by atoms with Crippen molar-refractivity contribution in [1.29, 1.82) is 0 Å². The Kier molecular flexibility index (Phi) is 3.92. The lowest BCUT2D eigenvalue weighted by Crippen LogP contribution is -1.73. The molecule has 0 aliphatic rings. The number of rotatable bonds is 4. The second kappa shape index (κ2) is 6.00. The second-order valence-electron chi connectivity index (χ2n) is 4.26. The highest BCUT2D eigenvalue weighted by atomic mass is 32.1. The van der Waals surface area contributed by atoms with E-state index in [0.29, 0.717) is 0 Å². The van der Waals surface area contributed by atoms with Crippen molar-refractivity contribution in [2.24, 2.45) is 0 Å². The molecule has 2 heteroatoms. The van der Waals surface area contributed by atoms with E-state index in [-0.39, 0.29) is 0 Å². The number of benzene rings is 1. The molecular formula is C17H14S2. The van der Waals surface area contributed by atoms with Crippen LogP contribution in [-0.4, -0.2) is 0 Å². The average molecular weight is 282 g/mol. The quantitative estimate of drug-likeness (QED) is 0.573. The summed E-state index contributed by atoms with van der Waals surface area (Å²) in [5, 5.41) is 2.13. The molecule has 0 radical (unpaired) electrons. The molecule has 3 aromatic rings. The molecule has 0 atom stereocenters. The summed E-state index contributed by atoms with van der Waals surface area (Å²) in [7, 11) is 0. The van der Waals surface area contributed by atoms with Gasteiger partial charge in [0.25, 0.3) is 0 Å². The van der Waals surface area contributed by atoms with Gasteiger partial charge < -0.3 is 0 Å². The lowest BCUT2D eigenvalue weighted by Gasteiger charge is -1.92. The maximum atomic E-state index is 2.24. The zero-order chi connectivity index (χ0) is 12.9. The third kappa shape index (κ3) is 3.22. The fourth-order valence-corrected chi connectivity index (χ4v) is 3.73. The molecule has 0 unspecified atom stereocenters. The fourth-order valence-electron chi connectivity index (χ4n) is 1.91. The van der Waals surface area contributed by atoms with E-state index in [1.165, 1.54) is 20.2 Å². The average Bonchev–Trinajstić information content (AvgIpc) is 3.10. The first-order chi connectivity index (χ1) is 9.42. The van der Waals surface area contributed by atoms with Crippen molar-refractivity contribution in [2.75, 3.05) is 0 Å². The smallest absolute Gasteiger partial charge is 0.0445 e. The van der Waals surface area contributed by atoms with Crippen LogP contribution in [0.5, 0.6) is 0 Å². The molecule has 2 heterocycles. The molecular weight excluding hydrogens is 268 g/mol. The molecule has 0 saturated heterocycles. The zero-order valence-corrected chi connectivity index (χ0v) is 12.1. The highest BCUT2D eigenvalue weighted by molar-refractivity contribution is 7.21. The van der Waals surface area contributed by atoms with Gasteiger partial charge >= 0.3 is 0 Å². The van der Waals surface area contributed by atoms with E-state index in [2.05, 4.69) is 66.1 Å². The minimum Gasteiger partial charge on any atom is -0.143 e. The molecule has 0 nitrogen and oxygen atoms in total. The normalized spacial score (nSPS) is 11.2. The Labute approximate surface area is 121 Å². The maximum absolute atomic E-state index is 2.24. The molecule has 94 valence electrons. The first kappa shape index (κ1) is 12.4. The van der Waals surface area contributed by atoms with Gasteiger partial charge in [-0.3, -0.25) is 0 Å². The first-order valence-electron chi connectivity index (χ1n) is 6.26. The summed E-state index contributed by atoms with van der Waals surface area (Å²) < 4.78 is 0. The topological polar surface area (TPSA) is 0 Å². The maximum Gasteiger partial charge on any atom is 0.0445 e. The number of hydrogen-bond donors (Lipinski definition) is 0. The minimum absolute atomic E-state index is 1.00. The molecule has 0 amide bonds. The monoisotopic (exact) mass is 282 g/mol. The van der Waals surface area contributed by atoms with Gasteiger partial charge in [0.15, 0.2) is 0 Å². The molecule has 0 bridgehead atoms. The largest absolute Gasteiger partial charge is 0.143 e. The Morgan fingerprint density at radius 3 is 2.53 bits per heavy atom. The lowest BCUT2D eigenvalue weighted by molar-refractivity contribution is 1.36. The van der Waals surface area contributed by atoms with Gasteiger partial charge in [-0.15, -0.1) is 22.7 Å². The predicted octanol–water partition coefficient (Wildman–Crippen LogP) is 5.73. The molecule has 0 fully saturated rings. The van der Waals surface area contributed by atoms with Crippen LogP contribution in [0.1, 0.15) is 10.4 Å². The second-order valence-corrected chi connectivity index (χ2v) is 6.38. The Hall–Kier alpha value is -1.64. The number of thiophene rings is 2. The predicted molar refractivity (Wildman–Crippen MR) is 86.8 cm³/mol. The van der Waals surface area contributed by atoms with E-state index in [4.69, 9.17) is 0 Å². The van der Waals surface area contributed by atoms with Gasteiger partial charge in [-0.05, 0) is 29.1 Å². The van der Waals surface area contributed by atoms with Crippen molar-refractivity contribution in [2.45, 2.75) is 6.42 Å².